The number of primary amides is 1. The van der Waals surface area contributed by atoms with E-state index in [1.165, 1.54) is 0 Å². The van der Waals surface area contributed by atoms with Crippen LogP contribution >= 0.6 is 0 Å². The molecule has 0 spiro atoms. The van der Waals surface area contributed by atoms with E-state index in [-0.39, 0.29) is 24.8 Å². The zero-order chi connectivity index (χ0) is 23.1. The molecule has 0 bridgehead atoms. The lowest BCUT2D eigenvalue weighted by Crippen LogP contribution is -2.27. The summed E-state index contributed by atoms with van der Waals surface area (Å²) in [5, 5.41) is 13.0. The Morgan fingerprint density at radius 1 is 1.19 bits per heavy atom. The lowest BCUT2D eigenvalue weighted by atomic mass is 10.1. The summed E-state index contributed by atoms with van der Waals surface area (Å²) >= 11 is 0. The van der Waals surface area contributed by atoms with Crippen molar-refractivity contribution >= 4 is 11.8 Å². The maximum Gasteiger partial charge on any atom is 0.286 e. The zero-order valence-corrected chi connectivity index (χ0v) is 17.9. The van der Waals surface area contributed by atoms with Gasteiger partial charge in [0.15, 0.2) is 0 Å². The molecular weight excluding hydrogens is 408 g/mol. The van der Waals surface area contributed by atoms with Crippen LogP contribution in [0.25, 0.3) is 22.6 Å². The molecule has 0 saturated heterocycles. The molecule has 0 aliphatic carbocycles. The summed E-state index contributed by atoms with van der Waals surface area (Å²) in [7, 11) is 3.46. The van der Waals surface area contributed by atoms with Crippen LogP contribution in [0.2, 0.25) is 0 Å². The molecule has 3 rings (SSSR count). The smallest absolute Gasteiger partial charge is 0.286 e. The summed E-state index contributed by atoms with van der Waals surface area (Å²) in [6, 6.07) is 10.9. The fourth-order valence-corrected chi connectivity index (χ4v) is 3.01. The number of nitrogens with zero attached hydrogens (tertiary/aromatic N) is 5. The summed E-state index contributed by atoms with van der Waals surface area (Å²) in [6.45, 7) is 0.528. The van der Waals surface area contributed by atoms with Crippen LogP contribution in [0, 0.1) is 11.8 Å². The van der Waals surface area contributed by atoms with Crippen molar-refractivity contribution in [3.05, 3.63) is 54.0 Å². The zero-order valence-electron chi connectivity index (χ0n) is 17.9. The van der Waals surface area contributed by atoms with Crippen molar-refractivity contribution in [3.8, 4) is 34.5 Å². The summed E-state index contributed by atoms with van der Waals surface area (Å²) in [6.07, 6.45) is 2.25. The van der Waals surface area contributed by atoms with Crippen molar-refractivity contribution in [2.75, 3.05) is 20.2 Å². The van der Waals surface area contributed by atoms with Crippen LogP contribution in [0.5, 0.6) is 0 Å². The third-order valence-electron chi connectivity index (χ3n) is 4.74. The average molecular weight is 432 g/mol. The van der Waals surface area contributed by atoms with E-state index in [0.717, 1.165) is 11.3 Å². The van der Waals surface area contributed by atoms with Gasteiger partial charge in [-0.1, -0.05) is 24.0 Å². The summed E-state index contributed by atoms with van der Waals surface area (Å²) in [5.41, 5.74) is 8.64. The monoisotopic (exact) mass is 432 g/mol. The van der Waals surface area contributed by atoms with Crippen molar-refractivity contribution in [2.24, 2.45) is 12.8 Å². The highest BCUT2D eigenvalue weighted by Crippen LogP contribution is 2.24. The fraction of sp³-hybridized carbons (Fsp3) is 0.261. The second-order valence-electron chi connectivity index (χ2n) is 7.12. The molecule has 3 aromatic rings. The van der Waals surface area contributed by atoms with Gasteiger partial charge in [-0.2, -0.15) is 5.10 Å². The molecule has 0 atom stereocenters. The third-order valence-corrected chi connectivity index (χ3v) is 4.74. The minimum absolute atomic E-state index is 0.0406. The fourth-order valence-electron chi connectivity index (χ4n) is 3.01. The van der Waals surface area contributed by atoms with Gasteiger partial charge in [0, 0.05) is 44.6 Å². The number of nitrogens with two attached hydrogens (primary N) is 1. The van der Waals surface area contributed by atoms with Gasteiger partial charge >= 0.3 is 0 Å². The van der Waals surface area contributed by atoms with Crippen LogP contribution in [0.15, 0.2) is 42.6 Å². The molecule has 9 nitrogen and oxygen atoms in total. The molecular formula is C23H24N6O3. The van der Waals surface area contributed by atoms with E-state index in [0.29, 0.717) is 29.9 Å². The summed E-state index contributed by atoms with van der Waals surface area (Å²) in [4.78, 5) is 34.0. The van der Waals surface area contributed by atoms with Gasteiger partial charge in [0.2, 0.25) is 11.7 Å². The van der Waals surface area contributed by atoms with E-state index in [1.54, 1.807) is 42.0 Å². The molecule has 2 amide bonds. The number of hydrogen-bond donors (Lipinski definition) is 2. The first-order valence-corrected chi connectivity index (χ1v) is 10.0. The molecule has 32 heavy (non-hydrogen) atoms. The molecule has 1 aromatic carbocycles. The number of carbonyl (C=O) groups excluding carboxylic acids is 2. The maximum absolute atomic E-state index is 12.1. The van der Waals surface area contributed by atoms with Crippen LogP contribution < -0.4 is 5.73 Å². The normalized spacial score (nSPS) is 10.3. The van der Waals surface area contributed by atoms with Crippen molar-refractivity contribution in [1.82, 2.24) is 24.6 Å². The van der Waals surface area contributed by atoms with Crippen molar-refractivity contribution in [2.45, 2.75) is 12.8 Å². The Morgan fingerprint density at radius 3 is 2.66 bits per heavy atom. The number of aliphatic hydroxyl groups is 1. The predicted octanol–water partition coefficient (Wildman–Crippen LogP) is 1.23. The largest absolute Gasteiger partial charge is 0.396 e. The topological polar surface area (TPSA) is 127 Å². The minimum Gasteiger partial charge on any atom is -0.396 e. The first-order valence-electron chi connectivity index (χ1n) is 10.0. The standard InChI is InChI=1S/C23H24N6O3/c1-28(12-5-13-30)21(31)9-4-7-16-6-3-8-17(14-16)18-15-19(20-10-11-25-29(20)2)27-23(26-18)22(24)32/h3,6,8,10-11,14-15,30H,5,9,12-13H2,1-2H3,(H2,24,32). The Kier molecular flexibility index (Phi) is 7.31. The highest BCUT2D eigenvalue weighted by atomic mass is 16.3. The molecule has 0 aliphatic heterocycles. The second kappa shape index (κ2) is 10.3. The highest BCUT2D eigenvalue weighted by molar-refractivity contribution is 5.90. The number of amides is 2. The van der Waals surface area contributed by atoms with Crippen LogP contribution in [0.3, 0.4) is 0 Å². The van der Waals surface area contributed by atoms with Crippen molar-refractivity contribution in [3.63, 3.8) is 0 Å². The molecule has 2 heterocycles. The number of rotatable bonds is 7. The molecule has 164 valence electrons. The Morgan fingerprint density at radius 2 is 1.97 bits per heavy atom. The molecule has 0 radical (unpaired) electrons. The van der Waals surface area contributed by atoms with Crippen LogP contribution in [-0.4, -0.2) is 61.8 Å². The molecule has 0 unspecified atom stereocenters. The first-order chi connectivity index (χ1) is 15.4. The van der Waals surface area contributed by atoms with Gasteiger partial charge in [-0.3, -0.25) is 14.3 Å². The molecule has 0 saturated carbocycles. The lowest BCUT2D eigenvalue weighted by Gasteiger charge is -2.14. The van der Waals surface area contributed by atoms with Gasteiger partial charge in [-0.25, -0.2) is 9.97 Å². The Balaban J connectivity index is 1.87. The van der Waals surface area contributed by atoms with Crippen LogP contribution in [0.4, 0.5) is 0 Å². The SMILES string of the molecule is CN(CCCO)C(=O)CC#Cc1cccc(-c2cc(-c3ccnn3C)nc(C(N)=O)n2)c1. The van der Waals surface area contributed by atoms with E-state index >= 15 is 0 Å². The van der Waals surface area contributed by atoms with Gasteiger partial charge in [0.05, 0.1) is 23.5 Å². The van der Waals surface area contributed by atoms with E-state index < -0.39 is 5.91 Å². The number of aromatic nitrogens is 4. The predicted molar refractivity (Wildman–Crippen MR) is 119 cm³/mol. The molecule has 3 N–H and O–H groups in total. The van der Waals surface area contributed by atoms with Crippen LogP contribution in [0.1, 0.15) is 29.0 Å². The Labute approximate surface area is 185 Å². The third kappa shape index (κ3) is 5.56. The lowest BCUT2D eigenvalue weighted by molar-refractivity contribution is -0.128. The number of hydrogen-bond acceptors (Lipinski definition) is 6. The molecule has 2 aromatic heterocycles. The van der Waals surface area contributed by atoms with E-state index in [1.807, 2.05) is 24.3 Å². The number of benzene rings is 1. The first kappa shape index (κ1) is 22.7. The Bertz CT molecular complexity index is 1190. The molecule has 0 fully saturated rings. The van der Waals surface area contributed by atoms with Crippen molar-refractivity contribution < 1.29 is 14.7 Å². The molecule has 0 aliphatic rings. The highest BCUT2D eigenvalue weighted by Gasteiger charge is 2.14. The number of carbonyl (C=O) groups is 2. The van der Waals surface area contributed by atoms with E-state index in [9.17, 15) is 9.59 Å². The maximum atomic E-state index is 12.1. The minimum atomic E-state index is -0.727. The molecule has 9 heteroatoms. The van der Waals surface area contributed by atoms with Gasteiger partial charge in [-0.05, 0) is 30.7 Å². The van der Waals surface area contributed by atoms with Gasteiger partial charge in [0.1, 0.15) is 0 Å². The average Bonchev–Trinajstić information content (AvgIpc) is 3.23. The van der Waals surface area contributed by atoms with Crippen molar-refractivity contribution in [1.29, 1.82) is 0 Å². The quantitative estimate of drug-likeness (QED) is 0.541. The summed E-state index contributed by atoms with van der Waals surface area (Å²) < 4.78 is 1.65. The summed E-state index contributed by atoms with van der Waals surface area (Å²) in [5.74, 6) is 4.95. The number of aryl methyl sites for hydroxylation is 1. The van der Waals surface area contributed by atoms with Gasteiger partial charge in [-0.15, -0.1) is 0 Å². The van der Waals surface area contributed by atoms with Gasteiger partial charge < -0.3 is 15.7 Å². The van der Waals surface area contributed by atoms with E-state index in [4.69, 9.17) is 10.8 Å². The Hall–Kier alpha value is -4.03. The van der Waals surface area contributed by atoms with Gasteiger partial charge in [0.25, 0.3) is 5.91 Å². The van der Waals surface area contributed by atoms with E-state index in [2.05, 4.69) is 26.9 Å². The second-order valence-corrected chi connectivity index (χ2v) is 7.12. The number of aliphatic hydroxyl groups excluding tert-OH is 1. The van der Waals surface area contributed by atoms with Crippen LogP contribution in [-0.2, 0) is 11.8 Å².